The van der Waals surface area contributed by atoms with E-state index in [-0.39, 0.29) is 10.8 Å². The molecule has 0 atom stereocenters. The van der Waals surface area contributed by atoms with Crippen molar-refractivity contribution < 1.29 is 17.7 Å². The third kappa shape index (κ3) is 3.84. The molecule has 0 aliphatic carbocycles. The second-order valence-electron chi connectivity index (χ2n) is 5.25. The van der Waals surface area contributed by atoms with Crippen LogP contribution in [-0.2, 0) is 10.0 Å². The summed E-state index contributed by atoms with van der Waals surface area (Å²) in [5, 5.41) is 10.7. The highest BCUT2D eigenvalue weighted by atomic mass is 32.2. The minimum atomic E-state index is -4.03. The number of nitrogens with one attached hydrogen (secondary N) is 1. The Morgan fingerprint density at radius 1 is 1.13 bits per heavy atom. The van der Waals surface area contributed by atoms with E-state index in [1.807, 2.05) is 18.6 Å². The minimum Gasteiger partial charge on any atom is -0.276 e. The van der Waals surface area contributed by atoms with Crippen molar-refractivity contribution in [3.63, 3.8) is 0 Å². The van der Waals surface area contributed by atoms with Gasteiger partial charge in [0.1, 0.15) is 5.82 Å². The lowest BCUT2D eigenvalue weighted by atomic mass is 10.0. The van der Waals surface area contributed by atoms with Crippen LogP contribution < -0.4 is 4.72 Å². The molecule has 0 bridgehead atoms. The lowest BCUT2D eigenvalue weighted by Gasteiger charge is -2.10. The predicted octanol–water partition coefficient (Wildman–Crippen LogP) is 3.66. The topological polar surface area (TPSA) is 89.3 Å². The molecule has 2 aromatic rings. The predicted molar refractivity (Wildman–Crippen MR) is 84.4 cm³/mol. The summed E-state index contributed by atoms with van der Waals surface area (Å²) in [6.07, 6.45) is 0. The summed E-state index contributed by atoms with van der Waals surface area (Å²) in [6.45, 7) is 3.94. The molecule has 0 spiro atoms. The van der Waals surface area contributed by atoms with E-state index >= 15 is 0 Å². The molecular weight excluding hydrogens is 323 g/mol. The Morgan fingerprint density at radius 3 is 2.26 bits per heavy atom. The van der Waals surface area contributed by atoms with Crippen molar-refractivity contribution in [1.29, 1.82) is 0 Å². The van der Waals surface area contributed by atoms with Gasteiger partial charge in [0.25, 0.3) is 15.7 Å². The maximum absolute atomic E-state index is 13.7. The molecule has 0 saturated heterocycles. The number of hydrogen-bond donors (Lipinski definition) is 1. The van der Waals surface area contributed by atoms with Gasteiger partial charge in [-0.05, 0) is 29.7 Å². The largest absolute Gasteiger partial charge is 0.276 e. The molecule has 0 unspecified atom stereocenters. The molecule has 0 amide bonds. The number of nitro benzene ring substituents is 1. The van der Waals surface area contributed by atoms with Crippen LogP contribution in [0.4, 0.5) is 15.8 Å². The van der Waals surface area contributed by atoms with Gasteiger partial charge in [0.05, 0.1) is 15.5 Å². The highest BCUT2D eigenvalue weighted by Crippen LogP contribution is 2.25. The summed E-state index contributed by atoms with van der Waals surface area (Å²) in [5.74, 6) is -0.646. The van der Waals surface area contributed by atoms with Crippen molar-refractivity contribution in [2.75, 3.05) is 4.72 Å². The molecule has 6 nitrogen and oxygen atoms in total. The molecule has 23 heavy (non-hydrogen) atoms. The average Bonchev–Trinajstić information content (AvgIpc) is 2.49. The number of nitro groups is 1. The van der Waals surface area contributed by atoms with Crippen molar-refractivity contribution in [2.24, 2.45) is 0 Å². The zero-order valence-electron chi connectivity index (χ0n) is 12.5. The van der Waals surface area contributed by atoms with Crippen LogP contribution in [0.3, 0.4) is 0 Å². The molecule has 0 aliphatic heterocycles. The van der Waals surface area contributed by atoms with E-state index in [0.29, 0.717) is 0 Å². The van der Waals surface area contributed by atoms with Gasteiger partial charge < -0.3 is 0 Å². The van der Waals surface area contributed by atoms with Crippen LogP contribution in [0.5, 0.6) is 0 Å². The Labute approximate surface area is 133 Å². The van der Waals surface area contributed by atoms with E-state index in [9.17, 15) is 22.9 Å². The van der Waals surface area contributed by atoms with Crippen LogP contribution in [0.25, 0.3) is 0 Å². The van der Waals surface area contributed by atoms with E-state index in [2.05, 4.69) is 0 Å². The van der Waals surface area contributed by atoms with Crippen molar-refractivity contribution in [3.8, 4) is 0 Å². The quantitative estimate of drug-likeness (QED) is 0.665. The van der Waals surface area contributed by atoms with Crippen molar-refractivity contribution >= 4 is 21.4 Å². The summed E-state index contributed by atoms with van der Waals surface area (Å²) >= 11 is 0. The first-order valence-electron chi connectivity index (χ1n) is 6.77. The standard InChI is InChI=1S/C15H15FN2O4S/c1-10(2)11-3-6-13(7-4-11)23(21,22)17-15-9-12(18(19)20)5-8-14(15)16/h3-10,17H,1-2H3. The zero-order valence-corrected chi connectivity index (χ0v) is 13.3. The van der Waals surface area contributed by atoms with Gasteiger partial charge in [0, 0.05) is 12.1 Å². The molecular formula is C15H15FN2O4S. The van der Waals surface area contributed by atoms with Crippen molar-refractivity contribution in [2.45, 2.75) is 24.7 Å². The molecule has 0 heterocycles. The fourth-order valence-corrected chi connectivity index (χ4v) is 3.00. The smallest absolute Gasteiger partial charge is 0.271 e. The Balaban J connectivity index is 2.34. The number of halogens is 1. The molecule has 0 fully saturated rings. The first-order chi connectivity index (χ1) is 10.7. The monoisotopic (exact) mass is 338 g/mol. The maximum Gasteiger partial charge on any atom is 0.271 e. The molecule has 8 heteroatoms. The van der Waals surface area contributed by atoms with E-state index < -0.39 is 32.1 Å². The van der Waals surface area contributed by atoms with E-state index in [1.165, 1.54) is 12.1 Å². The molecule has 0 aliphatic rings. The molecule has 122 valence electrons. The average molecular weight is 338 g/mol. The number of hydrogen-bond acceptors (Lipinski definition) is 4. The van der Waals surface area contributed by atoms with Crippen LogP contribution in [0, 0.1) is 15.9 Å². The van der Waals surface area contributed by atoms with Crippen LogP contribution >= 0.6 is 0 Å². The van der Waals surface area contributed by atoms with Crippen LogP contribution in [0.2, 0.25) is 0 Å². The fourth-order valence-electron chi connectivity index (χ4n) is 1.94. The van der Waals surface area contributed by atoms with Gasteiger partial charge in [0.2, 0.25) is 0 Å². The Hall–Kier alpha value is -2.48. The molecule has 0 radical (unpaired) electrons. The van der Waals surface area contributed by atoms with E-state index in [4.69, 9.17) is 0 Å². The number of benzene rings is 2. The normalized spacial score (nSPS) is 11.5. The summed E-state index contributed by atoms with van der Waals surface area (Å²) in [6, 6.07) is 8.81. The second-order valence-corrected chi connectivity index (χ2v) is 6.93. The van der Waals surface area contributed by atoms with Crippen molar-refractivity contribution in [3.05, 3.63) is 64.0 Å². The van der Waals surface area contributed by atoms with Gasteiger partial charge in [-0.3, -0.25) is 14.8 Å². The Morgan fingerprint density at radius 2 is 1.74 bits per heavy atom. The van der Waals surface area contributed by atoms with Gasteiger partial charge in [0.15, 0.2) is 0 Å². The lowest BCUT2D eigenvalue weighted by Crippen LogP contribution is -2.14. The highest BCUT2D eigenvalue weighted by Gasteiger charge is 2.19. The minimum absolute atomic E-state index is 0.0483. The zero-order chi connectivity index (χ0) is 17.2. The maximum atomic E-state index is 13.7. The number of sulfonamides is 1. The second kappa shape index (κ2) is 6.33. The first kappa shape index (κ1) is 16.9. The number of anilines is 1. The van der Waals surface area contributed by atoms with E-state index in [1.54, 1.807) is 12.1 Å². The van der Waals surface area contributed by atoms with Gasteiger partial charge >= 0.3 is 0 Å². The van der Waals surface area contributed by atoms with Crippen LogP contribution in [0.15, 0.2) is 47.4 Å². The van der Waals surface area contributed by atoms with Gasteiger partial charge in [-0.25, -0.2) is 12.8 Å². The van der Waals surface area contributed by atoms with Crippen molar-refractivity contribution in [1.82, 2.24) is 0 Å². The van der Waals surface area contributed by atoms with E-state index in [0.717, 1.165) is 23.8 Å². The number of non-ortho nitro benzene ring substituents is 1. The van der Waals surface area contributed by atoms with Crippen LogP contribution in [0.1, 0.15) is 25.3 Å². The van der Waals surface area contributed by atoms with Gasteiger partial charge in [-0.1, -0.05) is 26.0 Å². The third-order valence-corrected chi connectivity index (χ3v) is 4.64. The summed E-state index contributed by atoms with van der Waals surface area (Å²) in [4.78, 5) is 9.93. The Kier molecular flexibility index (Phi) is 4.65. The third-order valence-electron chi connectivity index (χ3n) is 3.26. The molecule has 2 rings (SSSR count). The Bertz CT molecular complexity index is 833. The fraction of sp³-hybridized carbons (Fsp3) is 0.200. The molecule has 0 aromatic heterocycles. The SMILES string of the molecule is CC(C)c1ccc(S(=O)(=O)Nc2cc([N+](=O)[O-])ccc2F)cc1. The molecule has 1 N–H and O–H groups in total. The number of rotatable bonds is 5. The summed E-state index contributed by atoms with van der Waals surface area (Å²) < 4.78 is 40.3. The number of nitrogens with zero attached hydrogens (tertiary/aromatic N) is 1. The summed E-state index contributed by atoms with van der Waals surface area (Å²) in [7, 11) is -4.03. The van der Waals surface area contributed by atoms with Gasteiger partial charge in [-0.2, -0.15) is 0 Å². The molecule has 0 saturated carbocycles. The molecule has 2 aromatic carbocycles. The van der Waals surface area contributed by atoms with Gasteiger partial charge in [-0.15, -0.1) is 0 Å². The van der Waals surface area contributed by atoms with Crippen LogP contribution in [-0.4, -0.2) is 13.3 Å². The summed E-state index contributed by atoms with van der Waals surface area (Å²) in [5.41, 5.74) is 0.0943. The first-order valence-corrected chi connectivity index (χ1v) is 8.26. The lowest BCUT2D eigenvalue weighted by molar-refractivity contribution is -0.384. The highest BCUT2D eigenvalue weighted by molar-refractivity contribution is 7.92.